The minimum absolute atomic E-state index is 0.269. The average Bonchev–Trinajstić information content (AvgIpc) is 2.86. The summed E-state index contributed by atoms with van der Waals surface area (Å²) in [5, 5.41) is 0.933. The third kappa shape index (κ3) is 4.50. The first-order valence-electron chi connectivity index (χ1n) is 10.2. The van der Waals surface area contributed by atoms with E-state index >= 15 is 0 Å². The molecule has 0 radical (unpaired) electrons. The van der Waals surface area contributed by atoms with E-state index in [0.29, 0.717) is 22.8 Å². The van der Waals surface area contributed by atoms with Crippen molar-refractivity contribution in [2.45, 2.75) is 6.92 Å². The van der Waals surface area contributed by atoms with Gasteiger partial charge in [-0.2, -0.15) is 0 Å². The number of carbonyl (C=O) groups excluding carboxylic acids is 1. The Hall–Kier alpha value is -4.33. The number of nitrogens with zero attached hydrogens (tertiary/aromatic N) is 2. The lowest BCUT2D eigenvalue weighted by Gasteiger charge is -2.15. The molecular weight excluding hydrogens is 420 g/mol. The predicted octanol–water partition coefficient (Wildman–Crippen LogP) is 4.39. The average molecular weight is 444 g/mol. The van der Waals surface area contributed by atoms with Crippen molar-refractivity contribution in [1.82, 2.24) is 15.4 Å². The maximum atomic E-state index is 12.8. The van der Waals surface area contributed by atoms with Crippen LogP contribution in [0.5, 0.6) is 17.2 Å². The second kappa shape index (κ2) is 9.44. The molecule has 1 aromatic heterocycles. The summed E-state index contributed by atoms with van der Waals surface area (Å²) in [5.41, 5.74) is 9.39. The molecule has 0 aliphatic rings. The predicted molar refractivity (Wildman–Crippen MR) is 127 cm³/mol. The number of aromatic nitrogens is 2. The molecule has 8 nitrogen and oxygen atoms in total. The number of fused-ring (bicyclic) bond motifs is 1. The molecule has 4 rings (SSSR count). The van der Waals surface area contributed by atoms with Gasteiger partial charge in [-0.15, -0.1) is 0 Å². The Morgan fingerprint density at radius 3 is 2.18 bits per heavy atom. The zero-order chi connectivity index (χ0) is 23.4. The fourth-order valence-corrected chi connectivity index (χ4v) is 3.51. The van der Waals surface area contributed by atoms with Gasteiger partial charge in [0.1, 0.15) is 0 Å². The second-order valence-electron chi connectivity index (χ2n) is 7.28. The molecule has 1 heterocycles. The summed E-state index contributed by atoms with van der Waals surface area (Å²) < 4.78 is 16.0. The maximum absolute atomic E-state index is 12.8. The molecule has 0 spiro atoms. The first kappa shape index (κ1) is 21.9. The fourth-order valence-electron chi connectivity index (χ4n) is 3.51. The minimum atomic E-state index is -0.414. The van der Waals surface area contributed by atoms with Crippen molar-refractivity contribution in [3.63, 3.8) is 0 Å². The number of amides is 1. The summed E-state index contributed by atoms with van der Waals surface area (Å²) in [5.74, 6) is 1.02. The maximum Gasteiger partial charge on any atom is 0.269 e. The van der Waals surface area contributed by atoms with E-state index in [2.05, 4.69) is 26.9 Å². The molecule has 4 aromatic rings. The summed E-state index contributed by atoms with van der Waals surface area (Å²) >= 11 is 0. The number of anilines is 1. The normalized spacial score (nSPS) is 10.5. The number of nitrogens with one attached hydrogen (secondary N) is 2. The van der Waals surface area contributed by atoms with Crippen LogP contribution < -0.4 is 25.1 Å². The van der Waals surface area contributed by atoms with Gasteiger partial charge in [-0.3, -0.25) is 15.6 Å². The van der Waals surface area contributed by atoms with Crippen molar-refractivity contribution in [3.05, 3.63) is 71.8 Å². The molecule has 3 aromatic carbocycles. The van der Waals surface area contributed by atoms with Crippen molar-refractivity contribution in [2.75, 3.05) is 26.8 Å². The molecule has 33 heavy (non-hydrogen) atoms. The summed E-state index contributed by atoms with van der Waals surface area (Å²) in [6, 6.07) is 19.0. The van der Waals surface area contributed by atoms with Crippen molar-refractivity contribution in [2.24, 2.45) is 0 Å². The van der Waals surface area contributed by atoms with Crippen LogP contribution in [0, 0.1) is 6.92 Å². The third-order valence-electron chi connectivity index (χ3n) is 5.11. The SMILES string of the molecule is COc1cc(C(=O)NNc2nc(-c3ccccc3)c3cc(C)ccc3n2)cc(OC)c1OC. The summed E-state index contributed by atoms with van der Waals surface area (Å²) in [6.45, 7) is 2.03. The molecule has 1 amide bonds. The van der Waals surface area contributed by atoms with E-state index in [1.165, 1.54) is 21.3 Å². The van der Waals surface area contributed by atoms with Crippen LogP contribution in [0.15, 0.2) is 60.7 Å². The Labute approximate surface area is 191 Å². The highest BCUT2D eigenvalue weighted by molar-refractivity contribution is 5.97. The van der Waals surface area contributed by atoms with Crippen LogP contribution in [0.3, 0.4) is 0 Å². The molecule has 8 heteroatoms. The van der Waals surface area contributed by atoms with E-state index in [1.807, 2.05) is 49.4 Å². The molecule has 0 aliphatic carbocycles. The molecule has 168 valence electrons. The van der Waals surface area contributed by atoms with Gasteiger partial charge in [0.05, 0.1) is 32.5 Å². The lowest BCUT2D eigenvalue weighted by Crippen LogP contribution is -2.30. The first-order valence-corrected chi connectivity index (χ1v) is 10.2. The molecule has 0 fully saturated rings. The van der Waals surface area contributed by atoms with Crippen LogP contribution in [0.4, 0.5) is 5.95 Å². The van der Waals surface area contributed by atoms with Crippen molar-refractivity contribution >= 4 is 22.8 Å². The van der Waals surface area contributed by atoms with E-state index in [0.717, 1.165) is 27.7 Å². The van der Waals surface area contributed by atoms with Gasteiger partial charge in [-0.05, 0) is 31.2 Å². The van der Waals surface area contributed by atoms with Crippen LogP contribution in [-0.4, -0.2) is 37.2 Å². The quantitative estimate of drug-likeness (QED) is 0.408. The summed E-state index contributed by atoms with van der Waals surface area (Å²) in [6.07, 6.45) is 0. The van der Waals surface area contributed by atoms with Gasteiger partial charge in [0.2, 0.25) is 11.7 Å². The highest BCUT2D eigenvalue weighted by atomic mass is 16.5. The highest BCUT2D eigenvalue weighted by Gasteiger charge is 2.17. The summed E-state index contributed by atoms with van der Waals surface area (Å²) in [7, 11) is 4.49. The Morgan fingerprint density at radius 2 is 1.55 bits per heavy atom. The summed E-state index contributed by atoms with van der Waals surface area (Å²) in [4.78, 5) is 22.1. The monoisotopic (exact) mass is 444 g/mol. The van der Waals surface area contributed by atoms with Crippen molar-refractivity contribution in [3.8, 4) is 28.5 Å². The van der Waals surface area contributed by atoms with E-state index in [-0.39, 0.29) is 5.95 Å². The Morgan fingerprint density at radius 1 is 0.848 bits per heavy atom. The number of rotatable bonds is 7. The molecule has 0 bridgehead atoms. The van der Waals surface area contributed by atoms with E-state index in [9.17, 15) is 4.79 Å². The van der Waals surface area contributed by atoms with Crippen LogP contribution in [0.25, 0.3) is 22.2 Å². The van der Waals surface area contributed by atoms with Gasteiger partial charge in [0.15, 0.2) is 11.5 Å². The number of benzene rings is 3. The van der Waals surface area contributed by atoms with Gasteiger partial charge < -0.3 is 14.2 Å². The van der Waals surface area contributed by atoms with Gasteiger partial charge in [0.25, 0.3) is 5.91 Å². The topological polar surface area (TPSA) is 94.6 Å². The number of aryl methyl sites for hydroxylation is 1. The molecule has 0 aliphatic heterocycles. The van der Waals surface area contributed by atoms with Crippen LogP contribution in [-0.2, 0) is 0 Å². The highest BCUT2D eigenvalue weighted by Crippen LogP contribution is 2.38. The Balaban J connectivity index is 1.65. The van der Waals surface area contributed by atoms with Crippen molar-refractivity contribution in [1.29, 1.82) is 0 Å². The van der Waals surface area contributed by atoms with Crippen LogP contribution in [0.1, 0.15) is 15.9 Å². The van der Waals surface area contributed by atoms with E-state index in [1.54, 1.807) is 12.1 Å². The molecule has 0 unspecified atom stereocenters. The minimum Gasteiger partial charge on any atom is -0.493 e. The number of methoxy groups -OCH3 is 3. The van der Waals surface area contributed by atoms with Gasteiger partial charge in [0, 0.05) is 16.5 Å². The molecule has 0 atom stereocenters. The van der Waals surface area contributed by atoms with Crippen LogP contribution in [0.2, 0.25) is 0 Å². The van der Waals surface area contributed by atoms with Gasteiger partial charge in [-0.25, -0.2) is 9.97 Å². The van der Waals surface area contributed by atoms with Crippen LogP contribution >= 0.6 is 0 Å². The second-order valence-corrected chi connectivity index (χ2v) is 7.28. The Kier molecular flexibility index (Phi) is 6.26. The zero-order valence-electron chi connectivity index (χ0n) is 18.8. The third-order valence-corrected chi connectivity index (χ3v) is 5.11. The largest absolute Gasteiger partial charge is 0.493 e. The molecular formula is C25H24N4O4. The van der Waals surface area contributed by atoms with E-state index < -0.39 is 5.91 Å². The van der Waals surface area contributed by atoms with Gasteiger partial charge in [-0.1, -0.05) is 42.0 Å². The van der Waals surface area contributed by atoms with Gasteiger partial charge >= 0.3 is 0 Å². The first-order chi connectivity index (χ1) is 16.0. The number of hydrogen-bond acceptors (Lipinski definition) is 7. The standard InChI is InChI=1S/C25H24N4O4/c1-15-10-11-19-18(12-15)22(16-8-6-5-7-9-16)27-25(26-19)29-28-24(30)17-13-20(31-2)23(33-4)21(14-17)32-3/h5-14H,1-4H3,(H,28,30)(H,26,27,29). The Bertz CT molecular complexity index is 1280. The molecule has 2 N–H and O–H groups in total. The van der Waals surface area contributed by atoms with Crippen molar-refractivity contribution < 1.29 is 19.0 Å². The number of hydrazine groups is 1. The number of ether oxygens (including phenoxy) is 3. The fraction of sp³-hybridized carbons (Fsp3) is 0.160. The smallest absolute Gasteiger partial charge is 0.269 e. The zero-order valence-corrected chi connectivity index (χ0v) is 18.8. The van der Waals surface area contributed by atoms with E-state index in [4.69, 9.17) is 14.2 Å². The number of carbonyl (C=O) groups is 1. The lowest BCUT2D eigenvalue weighted by molar-refractivity contribution is 0.0961. The molecule has 0 saturated carbocycles. The lowest BCUT2D eigenvalue weighted by atomic mass is 10.0. The molecule has 0 saturated heterocycles. The number of hydrogen-bond donors (Lipinski definition) is 2.